The van der Waals surface area contributed by atoms with Gasteiger partial charge in [-0.1, -0.05) is 41.9 Å². The minimum absolute atomic E-state index is 0.314. The zero-order valence-electron chi connectivity index (χ0n) is 11.3. The maximum atomic E-state index is 12.5. The molecule has 1 aromatic carbocycles. The Hall–Kier alpha value is -1.59. The second-order valence-electron chi connectivity index (χ2n) is 4.98. The van der Waals surface area contributed by atoms with Gasteiger partial charge in [0.1, 0.15) is 22.4 Å². The molecule has 0 saturated carbocycles. The van der Waals surface area contributed by atoms with Crippen LogP contribution in [0.3, 0.4) is 0 Å². The Balaban J connectivity index is 1.97. The van der Waals surface area contributed by atoms with Gasteiger partial charge in [0.05, 0.1) is 15.4 Å². The van der Waals surface area contributed by atoms with Crippen molar-refractivity contribution >= 4 is 21.3 Å². The third kappa shape index (κ3) is 3.04. The molecule has 0 amide bonds. The van der Waals surface area contributed by atoms with Crippen molar-refractivity contribution in [1.29, 1.82) is 4.78 Å². The van der Waals surface area contributed by atoms with Crippen LogP contribution in [0.25, 0.3) is 0 Å². The summed E-state index contributed by atoms with van der Waals surface area (Å²) < 4.78 is 26.3. The summed E-state index contributed by atoms with van der Waals surface area (Å²) in [5.41, 5.74) is 1.64. The number of pyridine rings is 1. The van der Waals surface area contributed by atoms with Crippen molar-refractivity contribution in [2.75, 3.05) is 5.75 Å². The smallest absolute Gasteiger partial charge is 0.141 e. The van der Waals surface area contributed by atoms with Gasteiger partial charge >= 0.3 is 0 Å². The molecule has 0 spiro atoms. The van der Waals surface area contributed by atoms with Gasteiger partial charge in [-0.2, -0.15) is 0 Å². The van der Waals surface area contributed by atoms with Crippen LogP contribution in [0.1, 0.15) is 17.7 Å². The van der Waals surface area contributed by atoms with Gasteiger partial charge in [0.2, 0.25) is 0 Å². The van der Waals surface area contributed by atoms with Crippen LogP contribution in [0.15, 0.2) is 41.3 Å². The van der Waals surface area contributed by atoms with E-state index in [0.29, 0.717) is 46.7 Å². The summed E-state index contributed by atoms with van der Waals surface area (Å²) in [5.74, 6) is 0.777. The summed E-state index contributed by atoms with van der Waals surface area (Å²) in [5, 5.41) is 0.314. The monoisotopic (exact) mass is 322 g/mol. The first-order valence-corrected chi connectivity index (χ1v) is 8.79. The summed E-state index contributed by atoms with van der Waals surface area (Å²) in [6.45, 7) is 0.350. The lowest BCUT2D eigenvalue weighted by Crippen LogP contribution is -2.18. The third-order valence-corrected chi connectivity index (χ3v) is 5.54. The molecule has 6 heteroatoms. The quantitative estimate of drug-likeness (QED) is 0.877. The Kier molecular flexibility index (Phi) is 3.87. The third-order valence-electron chi connectivity index (χ3n) is 3.39. The van der Waals surface area contributed by atoms with Gasteiger partial charge in [-0.3, -0.25) is 0 Å². The lowest BCUT2D eigenvalue weighted by atomic mass is 10.2. The van der Waals surface area contributed by atoms with Crippen LogP contribution in [0.2, 0.25) is 5.15 Å². The molecule has 3 rings (SSSR count). The molecule has 4 nitrogen and oxygen atoms in total. The number of halogens is 1. The predicted octanol–water partition coefficient (Wildman–Crippen LogP) is 3.67. The molecule has 0 radical (unpaired) electrons. The van der Waals surface area contributed by atoms with Crippen LogP contribution < -0.4 is 4.74 Å². The molecule has 0 aliphatic carbocycles. The fourth-order valence-electron chi connectivity index (χ4n) is 2.44. The van der Waals surface area contributed by atoms with Gasteiger partial charge in [0, 0.05) is 11.8 Å². The zero-order chi connectivity index (χ0) is 14.9. The average molecular weight is 323 g/mol. The van der Waals surface area contributed by atoms with Gasteiger partial charge in [0.15, 0.2) is 0 Å². The highest BCUT2D eigenvalue weighted by atomic mass is 35.5. The second kappa shape index (κ2) is 5.66. The standard InChI is InChI=1S/C15H15ClN2O2S/c16-14-9-13(20-10-11-5-2-1-3-6-11)15-12(18-14)7-4-8-21(15,17)19/h1-3,5-6,9,17H,4,7-8,10H2. The lowest BCUT2D eigenvalue weighted by molar-refractivity contribution is 0.296. The Morgan fingerprint density at radius 1 is 1.33 bits per heavy atom. The molecule has 0 fully saturated rings. The molecule has 1 aliphatic heterocycles. The van der Waals surface area contributed by atoms with Crippen molar-refractivity contribution in [1.82, 2.24) is 4.98 Å². The SMILES string of the molecule is N=S1(=O)CCCc2nc(Cl)cc(OCc3ccccc3)c21. The van der Waals surface area contributed by atoms with Crippen molar-refractivity contribution in [3.8, 4) is 5.75 Å². The first kappa shape index (κ1) is 14.4. The maximum Gasteiger partial charge on any atom is 0.141 e. The number of fused-ring (bicyclic) bond motifs is 1. The van der Waals surface area contributed by atoms with E-state index < -0.39 is 9.73 Å². The van der Waals surface area contributed by atoms with Gasteiger partial charge in [-0.15, -0.1) is 0 Å². The van der Waals surface area contributed by atoms with E-state index in [-0.39, 0.29) is 0 Å². The van der Waals surface area contributed by atoms with Crippen molar-refractivity contribution in [2.24, 2.45) is 0 Å². The fourth-order valence-corrected chi connectivity index (χ4v) is 4.36. The maximum absolute atomic E-state index is 12.5. The minimum atomic E-state index is -2.84. The molecule has 21 heavy (non-hydrogen) atoms. The van der Waals surface area contributed by atoms with Crippen LogP contribution in [0.4, 0.5) is 0 Å². The van der Waals surface area contributed by atoms with Gasteiger partial charge in [-0.05, 0) is 18.4 Å². The summed E-state index contributed by atoms with van der Waals surface area (Å²) >= 11 is 6.01. The van der Waals surface area contributed by atoms with Crippen molar-refractivity contribution in [3.05, 3.63) is 52.8 Å². The number of benzene rings is 1. The van der Waals surface area contributed by atoms with Crippen LogP contribution in [0, 0.1) is 4.78 Å². The first-order chi connectivity index (χ1) is 10.1. The van der Waals surface area contributed by atoms with Crippen molar-refractivity contribution in [2.45, 2.75) is 24.3 Å². The highest BCUT2D eigenvalue weighted by molar-refractivity contribution is 7.92. The highest BCUT2D eigenvalue weighted by Gasteiger charge is 2.27. The van der Waals surface area contributed by atoms with Crippen LogP contribution >= 0.6 is 11.6 Å². The largest absolute Gasteiger partial charge is 0.487 e. The Labute approximate surface area is 129 Å². The molecule has 1 aromatic heterocycles. The molecule has 2 heterocycles. The zero-order valence-corrected chi connectivity index (χ0v) is 12.9. The molecule has 2 aromatic rings. The first-order valence-electron chi connectivity index (χ1n) is 6.69. The number of hydrogen-bond acceptors (Lipinski definition) is 4. The highest BCUT2D eigenvalue weighted by Crippen LogP contribution is 2.35. The molecule has 0 bridgehead atoms. The van der Waals surface area contributed by atoms with E-state index >= 15 is 0 Å². The number of aryl methyl sites for hydroxylation is 1. The molecule has 0 saturated heterocycles. The number of aromatic nitrogens is 1. The number of nitrogens with one attached hydrogen (secondary N) is 1. The fraction of sp³-hybridized carbons (Fsp3) is 0.267. The Morgan fingerprint density at radius 3 is 2.86 bits per heavy atom. The second-order valence-corrected chi connectivity index (χ2v) is 7.53. The number of rotatable bonds is 3. The summed E-state index contributed by atoms with van der Waals surface area (Å²) in [4.78, 5) is 4.64. The summed E-state index contributed by atoms with van der Waals surface area (Å²) in [7, 11) is -2.84. The number of ether oxygens (including phenoxy) is 1. The number of nitrogens with zero attached hydrogens (tertiary/aromatic N) is 1. The molecular formula is C15H15ClN2O2S. The van der Waals surface area contributed by atoms with E-state index in [4.69, 9.17) is 21.1 Å². The molecule has 1 N–H and O–H groups in total. The Bertz CT molecular complexity index is 761. The topological polar surface area (TPSA) is 63.0 Å². The van der Waals surface area contributed by atoms with Crippen LogP contribution in [-0.4, -0.2) is 14.9 Å². The van der Waals surface area contributed by atoms with E-state index in [1.807, 2.05) is 30.3 Å². The van der Waals surface area contributed by atoms with E-state index in [2.05, 4.69) is 4.98 Å². The predicted molar refractivity (Wildman–Crippen MR) is 82.3 cm³/mol. The summed E-state index contributed by atoms with van der Waals surface area (Å²) in [6.07, 6.45) is 1.38. The molecule has 1 aliphatic rings. The van der Waals surface area contributed by atoms with Gasteiger partial charge in [-0.25, -0.2) is 14.0 Å². The van der Waals surface area contributed by atoms with E-state index in [1.54, 1.807) is 6.07 Å². The van der Waals surface area contributed by atoms with E-state index in [0.717, 1.165) is 5.56 Å². The van der Waals surface area contributed by atoms with Crippen LogP contribution in [-0.2, 0) is 22.8 Å². The minimum Gasteiger partial charge on any atom is -0.487 e. The van der Waals surface area contributed by atoms with Gasteiger partial charge in [0.25, 0.3) is 0 Å². The van der Waals surface area contributed by atoms with E-state index in [1.165, 1.54) is 0 Å². The van der Waals surface area contributed by atoms with Crippen molar-refractivity contribution in [3.63, 3.8) is 0 Å². The Morgan fingerprint density at radius 2 is 2.10 bits per heavy atom. The molecule has 110 valence electrons. The molecular weight excluding hydrogens is 308 g/mol. The van der Waals surface area contributed by atoms with E-state index in [9.17, 15) is 4.21 Å². The molecule has 1 atom stereocenters. The normalized spacial score (nSPS) is 20.8. The van der Waals surface area contributed by atoms with Crippen molar-refractivity contribution < 1.29 is 8.95 Å². The summed E-state index contributed by atoms with van der Waals surface area (Å²) in [6, 6.07) is 11.3. The lowest BCUT2D eigenvalue weighted by Gasteiger charge is -2.21. The average Bonchev–Trinajstić information content (AvgIpc) is 2.45. The number of hydrogen-bond donors (Lipinski definition) is 1. The molecule has 1 unspecified atom stereocenters. The van der Waals surface area contributed by atoms with Crippen LogP contribution in [0.5, 0.6) is 5.75 Å². The van der Waals surface area contributed by atoms with Gasteiger partial charge < -0.3 is 4.74 Å².